The number of carbonyl (C=O) groups excluding carboxylic acids is 3. The van der Waals surface area contributed by atoms with Crippen LogP contribution < -0.4 is 0 Å². The van der Waals surface area contributed by atoms with E-state index in [9.17, 15) is 34.5 Å². The van der Waals surface area contributed by atoms with Crippen molar-refractivity contribution >= 4 is 24.4 Å². The molecule has 0 radical (unpaired) electrons. The third-order valence-corrected chi connectivity index (χ3v) is 8.49. The first-order chi connectivity index (χ1) is 18.5. The Bertz CT molecular complexity index is 881. The van der Waals surface area contributed by atoms with Crippen molar-refractivity contribution in [1.82, 2.24) is 0 Å². The van der Waals surface area contributed by atoms with Crippen LogP contribution >= 0.6 is 0 Å². The Balaban J connectivity index is 1.70. The van der Waals surface area contributed by atoms with Gasteiger partial charge in [-0.1, -0.05) is 53.4 Å². The molecule has 4 N–H and O–H groups in total. The molecule has 0 bridgehead atoms. The smallest absolute Gasteiger partial charge is 0.309 e. The molecule has 2 aliphatic heterocycles. The molecule has 2 saturated heterocycles. The molecule has 2 fully saturated rings. The summed E-state index contributed by atoms with van der Waals surface area (Å²) in [7, 11) is 0. The number of carboxylic acids is 1. The molecular formula is C29H48O11. The number of hydrogen-bond acceptors (Lipinski definition) is 10. The van der Waals surface area contributed by atoms with Crippen molar-refractivity contribution in [2.45, 2.75) is 141 Å². The van der Waals surface area contributed by atoms with E-state index in [-0.39, 0.29) is 38.8 Å². The molecule has 2 aliphatic rings. The summed E-state index contributed by atoms with van der Waals surface area (Å²) in [5.74, 6) is -2.26. The number of hydrogen-bond donors (Lipinski definition) is 4. The molecule has 0 aliphatic carbocycles. The van der Waals surface area contributed by atoms with Gasteiger partial charge in [0.05, 0.1) is 31.0 Å². The summed E-state index contributed by atoms with van der Waals surface area (Å²) in [6.07, 6.45) is 3.52. The van der Waals surface area contributed by atoms with Gasteiger partial charge in [-0.3, -0.25) is 19.2 Å². The molecule has 0 spiro atoms. The van der Waals surface area contributed by atoms with Crippen molar-refractivity contribution in [2.24, 2.45) is 10.8 Å². The second-order valence-corrected chi connectivity index (χ2v) is 13.3. The molecule has 2 rings (SSSR count). The van der Waals surface area contributed by atoms with Crippen LogP contribution in [0.2, 0.25) is 0 Å². The highest BCUT2D eigenvalue weighted by Crippen LogP contribution is 2.41. The van der Waals surface area contributed by atoms with Crippen LogP contribution in [0.3, 0.4) is 0 Å². The normalized spacial score (nSPS) is 28.4. The number of unbranched alkanes of at least 4 members (excludes halogenated alkanes) is 2. The van der Waals surface area contributed by atoms with Gasteiger partial charge in [0.25, 0.3) is 6.47 Å². The van der Waals surface area contributed by atoms with E-state index in [0.29, 0.717) is 19.3 Å². The summed E-state index contributed by atoms with van der Waals surface area (Å²) in [6, 6.07) is 0. The molecular weight excluding hydrogens is 524 g/mol. The summed E-state index contributed by atoms with van der Waals surface area (Å²) in [4.78, 5) is 45.7. The first-order valence-corrected chi connectivity index (χ1v) is 14.3. The molecule has 5 atom stereocenters. The maximum Gasteiger partial charge on any atom is 0.309 e. The second kappa shape index (κ2) is 14.1. The van der Waals surface area contributed by atoms with Gasteiger partial charge >= 0.3 is 17.9 Å². The van der Waals surface area contributed by atoms with Gasteiger partial charge < -0.3 is 34.6 Å². The average Bonchev–Trinajstić information content (AvgIpc) is 2.81. The summed E-state index contributed by atoms with van der Waals surface area (Å²) in [6.45, 7) is 7.83. The van der Waals surface area contributed by atoms with E-state index < -0.39 is 64.7 Å². The zero-order valence-electron chi connectivity index (χ0n) is 24.4. The van der Waals surface area contributed by atoms with Crippen LogP contribution in [0.1, 0.15) is 111 Å². The summed E-state index contributed by atoms with van der Waals surface area (Å²) < 4.78 is 15.7. The quantitative estimate of drug-likeness (QED) is 0.0872. The number of aliphatic hydroxyl groups excluding tert-OH is 1. The SMILES string of the molecule is CC(C)(CCCCC(O)CCCCC(C)(C)C1CC(O)(CC(=O)O)CC(=O)O1)C1CC(O)(COC=O)CC(=O)O1. The average molecular weight is 573 g/mol. The number of carboxylic acid groups (broad SMARTS) is 1. The van der Waals surface area contributed by atoms with Gasteiger partial charge in [-0.25, -0.2) is 0 Å². The fourth-order valence-electron chi connectivity index (χ4n) is 5.83. The lowest BCUT2D eigenvalue weighted by Gasteiger charge is -2.42. The Kier molecular flexibility index (Phi) is 12.0. The molecule has 0 aromatic carbocycles. The zero-order valence-corrected chi connectivity index (χ0v) is 24.4. The van der Waals surface area contributed by atoms with Crippen LogP contribution in [0.15, 0.2) is 0 Å². The fourth-order valence-corrected chi connectivity index (χ4v) is 5.83. The van der Waals surface area contributed by atoms with E-state index in [0.717, 1.165) is 32.1 Å². The van der Waals surface area contributed by atoms with Gasteiger partial charge in [0.2, 0.25) is 0 Å². The summed E-state index contributed by atoms with van der Waals surface area (Å²) in [5.41, 5.74) is -3.88. The monoisotopic (exact) mass is 572 g/mol. The third-order valence-electron chi connectivity index (χ3n) is 8.49. The van der Waals surface area contributed by atoms with Gasteiger partial charge in [-0.05, 0) is 25.7 Å². The first kappa shape index (κ1) is 34.0. The topological polar surface area (TPSA) is 177 Å². The van der Waals surface area contributed by atoms with Gasteiger partial charge in [0.1, 0.15) is 24.4 Å². The molecule has 0 saturated carbocycles. The van der Waals surface area contributed by atoms with Crippen LogP contribution in [-0.2, 0) is 33.4 Å². The highest BCUT2D eigenvalue weighted by molar-refractivity contribution is 5.75. The summed E-state index contributed by atoms with van der Waals surface area (Å²) >= 11 is 0. The van der Waals surface area contributed by atoms with Gasteiger partial charge in [0.15, 0.2) is 0 Å². The number of aliphatic hydroxyl groups is 3. The van der Waals surface area contributed by atoms with Crippen molar-refractivity contribution in [3.63, 3.8) is 0 Å². The van der Waals surface area contributed by atoms with Crippen molar-refractivity contribution in [3.05, 3.63) is 0 Å². The maximum absolute atomic E-state index is 12.1. The molecule has 40 heavy (non-hydrogen) atoms. The first-order valence-electron chi connectivity index (χ1n) is 14.3. The van der Waals surface area contributed by atoms with Gasteiger partial charge in [-0.15, -0.1) is 0 Å². The second-order valence-electron chi connectivity index (χ2n) is 13.3. The Hall–Kier alpha value is -2.24. The number of rotatable bonds is 17. The third kappa shape index (κ3) is 10.6. The fraction of sp³-hybridized carbons (Fsp3) is 0.862. The molecule has 0 aromatic rings. The predicted octanol–water partition coefficient (Wildman–Crippen LogP) is 3.04. The lowest BCUT2D eigenvalue weighted by molar-refractivity contribution is -0.189. The highest BCUT2D eigenvalue weighted by atomic mass is 16.6. The number of aliphatic carboxylic acids is 1. The van der Waals surface area contributed by atoms with Gasteiger partial charge in [-0.2, -0.15) is 0 Å². The van der Waals surface area contributed by atoms with Crippen molar-refractivity contribution < 1.29 is 53.8 Å². The Labute approximate surface area is 236 Å². The molecule has 230 valence electrons. The van der Waals surface area contributed by atoms with E-state index in [1.807, 2.05) is 27.7 Å². The molecule has 5 unspecified atom stereocenters. The van der Waals surface area contributed by atoms with E-state index in [1.54, 1.807) is 0 Å². The number of ether oxygens (including phenoxy) is 3. The van der Waals surface area contributed by atoms with Crippen LogP contribution in [0.5, 0.6) is 0 Å². The minimum Gasteiger partial charge on any atom is -0.481 e. The Morgan fingerprint density at radius 1 is 0.925 bits per heavy atom. The van der Waals surface area contributed by atoms with Crippen LogP contribution in [0.4, 0.5) is 0 Å². The highest BCUT2D eigenvalue weighted by Gasteiger charge is 2.47. The standard InChI is InChI=1S/C29H48O11/c1-26(2,21-13-28(36,15-23(32)33)16-24(34)39-21)11-7-5-9-20(31)10-6-8-12-27(3,4)22-14-29(37,18-38-19-30)17-25(35)40-22/h19-22,31,36-37H,5-18H2,1-4H3,(H,32,33). The zero-order chi connectivity index (χ0) is 30.2. The van der Waals surface area contributed by atoms with E-state index in [2.05, 4.69) is 0 Å². The van der Waals surface area contributed by atoms with Gasteiger partial charge in [0, 0.05) is 23.7 Å². The molecule has 0 aromatic heterocycles. The van der Waals surface area contributed by atoms with E-state index in [4.69, 9.17) is 19.3 Å². The molecule has 2 heterocycles. The van der Waals surface area contributed by atoms with Crippen LogP contribution in [0.25, 0.3) is 0 Å². The van der Waals surface area contributed by atoms with E-state index >= 15 is 0 Å². The van der Waals surface area contributed by atoms with Crippen LogP contribution in [-0.4, -0.2) is 80.9 Å². The maximum atomic E-state index is 12.1. The largest absolute Gasteiger partial charge is 0.481 e. The minimum atomic E-state index is -1.60. The van der Waals surface area contributed by atoms with Crippen LogP contribution in [0, 0.1) is 10.8 Å². The van der Waals surface area contributed by atoms with Crippen molar-refractivity contribution in [1.29, 1.82) is 0 Å². The lowest BCUT2D eigenvalue weighted by Crippen LogP contribution is -2.50. The predicted molar refractivity (Wildman–Crippen MR) is 143 cm³/mol. The molecule has 0 amide bonds. The lowest BCUT2D eigenvalue weighted by atomic mass is 9.73. The molecule has 11 heteroatoms. The summed E-state index contributed by atoms with van der Waals surface area (Å²) in [5, 5.41) is 40.9. The number of cyclic esters (lactones) is 2. The Morgan fingerprint density at radius 2 is 1.38 bits per heavy atom. The molecule has 11 nitrogen and oxygen atoms in total. The number of carbonyl (C=O) groups is 4. The minimum absolute atomic E-state index is 0.0862. The van der Waals surface area contributed by atoms with E-state index in [1.165, 1.54) is 0 Å². The Morgan fingerprint density at radius 3 is 1.82 bits per heavy atom. The van der Waals surface area contributed by atoms with Crippen molar-refractivity contribution in [3.8, 4) is 0 Å². The number of esters is 2. The van der Waals surface area contributed by atoms with Crippen molar-refractivity contribution in [2.75, 3.05) is 6.61 Å².